The third-order valence-electron chi connectivity index (χ3n) is 3.76. The van der Waals surface area contributed by atoms with Crippen molar-refractivity contribution in [2.45, 2.75) is 32.7 Å². The van der Waals surface area contributed by atoms with Gasteiger partial charge in [-0.25, -0.2) is 4.98 Å². The lowest BCUT2D eigenvalue weighted by Crippen LogP contribution is -2.26. The van der Waals surface area contributed by atoms with Crippen LogP contribution in [0.1, 0.15) is 24.2 Å². The SMILES string of the molecule is CCc1nc2ccccc2n1CCC(=O)NCCc1nnc(N)s1. The molecule has 8 heteroatoms. The van der Waals surface area contributed by atoms with Crippen molar-refractivity contribution in [2.24, 2.45) is 0 Å². The highest BCUT2D eigenvalue weighted by Gasteiger charge is 2.10. The molecule has 0 spiro atoms. The summed E-state index contributed by atoms with van der Waals surface area (Å²) in [6, 6.07) is 8.01. The van der Waals surface area contributed by atoms with Gasteiger partial charge >= 0.3 is 0 Å². The molecule has 24 heavy (non-hydrogen) atoms. The quantitative estimate of drug-likeness (QED) is 0.681. The van der Waals surface area contributed by atoms with Crippen LogP contribution in [0, 0.1) is 0 Å². The van der Waals surface area contributed by atoms with E-state index >= 15 is 0 Å². The summed E-state index contributed by atoms with van der Waals surface area (Å²) in [5.74, 6) is 1.03. The minimum Gasteiger partial charge on any atom is -0.374 e. The molecule has 0 aliphatic heterocycles. The molecular formula is C16H20N6OS. The molecule has 3 N–H and O–H groups in total. The van der Waals surface area contributed by atoms with Gasteiger partial charge in [-0.15, -0.1) is 10.2 Å². The summed E-state index contributed by atoms with van der Waals surface area (Å²) in [4.78, 5) is 16.7. The monoisotopic (exact) mass is 344 g/mol. The highest BCUT2D eigenvalue weighted by molar-refractivity contribution is 7.15. The molecule has 0 aliphatic rings. The molecule has 2 aromatic heterocycles. The van der Waals surface area contributed by atoms with E-state index in [1.54, 1.807) is 0 Å². The van der Waals surface area contributed by atoms with E-state index in [0.717, 1.165) is 28.3 Å². The van der Waals surface area contributed by atoms with Gasteiger partial charge in [0, 0.05) is 32.4 Å². The number of aryl methyl sites for hydroxylation is 2. The number of aromatic nitrogens is 4. The average Bonchev–Trinajstić information content (AvgIpc) is 3.16. The molecule has 1 aromatic carbocycles. The topological polar surface area (TPSA) is 98.7 Å². The van der Waals surface area contributed by atoms with Crippen molar-refractivity contribution in [2.75, 3.05) is 12.3 Å². The van der Waals surface area contributed by atoms with Crippen LogP contribution < -0.4 is 11.1 Å². The third kappa shape index (κ3) is 3.70. The van der Waals surface area contributed by atoms with Gasteiger partial charge in [-0.05, 0) is 12.1 Å². The van der Waals surface area contributed by atoms with Gasteiger partial charge in [-0.3, -0.25) is 4.79 Å². The number of nitrogens with one attached hydrogen (secondary N) is 1. The number of fused-ring (bicyclic) bond motifs is 1. The molecule has 3 aromatic rings. The Bertz CT molecular complexity index is 840. The van der Waals surface area contributed by atoms with Crippen LogP contribution in [0.15, 0.2) is 24.3 Å². The number of rotatable bonds is 7. The van der Waals surface area contributed by atoms with Gasteiger partial charge in [-0.1, -0.05) is 30.4 Å². The number of anilines is 1. The summed E-state index contributed by atoms with van der Waals surface area (Å²) < 4.78 is 2.13. The largest absolute Gasteiger partial charge is 0.374 e. The van der Waals surface area contributed by atoms with Crippen molar-refractivity contribution in [3.8, 4) is 0 Å². The van der Waals surface area contributed by atoms with E-state index in [-0.39, 0.29) is 5.91 Å². The maximum Gasteiger partial charge on any atom is 0.221 e. The molecule has 0 bridgehead atoms. The molecule has 0 fully saturated rings. The normalized spacial score (nSPS) is 11.0. The standard InChI is InChI=1S/C16H20N6OS/c1-2-13-19-11-5-3-4-6-12(11)22(13)10-8-14(23)18-9-7-15-20-21-16(17)24-15/h3-6H,2,7-10H2,1H3,(H2,17,21)(H,18,23). The summed E-state index contributed by atoms with van der Waals surface area (Å²) in [5.41, 5.74) is 7.58. The van der Waals surface area contributed by atoms with E-state index in [4.69, 9.17) is 5.73 Å². The molecule has 3 rings (SSSR count). The molecule has 0 atom stereocenters. The first-order valence-corrected chi connectivity index (χ1v) is 8.77. The van der Waals surface area contributed by atoms with E-state index < -0.39 is 0 Å². The number of hydrogen-bond acceptors (Lipinski definition) is 6. The van der Waals surface area contributed by atoms with Gasteiger partial charge in [0.15, 0.2) is 0 Å². The first-order chi connectivity index (χ1) is 11.7. The van der Waals surface area contributed by atoms with E-state index in [1.807, 2.05) is 24.3 Å². The zero-order valence-electron chi connectivity index (χ0n) is 13.5. The smallest absolute Gasteiger partial charge is 0.221 e. The van der Waals surface area contributed by atoms with Crippen LogP contribution in [-0.4, -0.2) is 32.2 Å². The summed E-state index contributed by atoms with van der Waals surface area (Å²) in [7, 11) is 0. The van der Waals surface area contributed by atoms with Crippen LogP contribution in [-0.2, 0) is 24.2 Å². The first-order valence-electron chi connectivity index (χ1n) is 7.96. The fourth-order valence-corrected chi connectivity index (χ4v) is 3.23. The van der Waals surface area contributed by atoms with Crippen LogP contribution in [0.2, 0.25) is 0 Å². The van der Waals surface area contributed by atoms with Crippen LogP contribution >= 0.6 is 11.3 Å². The highest BCUT2D eigenvalue weighted by atomic mass is 32.1. The van der Waals surface area contributed by atoms with Gasteiger partial charge < -0.3 is 15.6 Å². The Morgan fingerprint density at radius 3 is 2.92 bits per heavy atom. The molecule has 0 saturated heterocycles. The van der Waals surface area contributed by atoms with Crippen molar-refractivity contribution >= 4 is 33.4 Å². The number of nitrogen functional groups attached to an aromatic ring is 1. The zero-order valence-corrected chi connectivity index (χ0v) is 14.3. The van der Waals surface area contributed by atoms with Crippen LogP contribution in [0.25, 0.3) is 11.0 Å². The molecule has 126 valence electrons. The van der Waals surface area contributed by atoms with Gasteiger partial charge in [0.2, 0.25) is 11.0 Å². The Morgan fingerprint density at radius 1 is 1.33 bits per heavy atom. The molecule has 0 radical (unpaired) electrons. The second-order valence-corrected chi connectivity index (χ2v) is 6.50. The van der Waals surface area contributed by atoms with Crippen molar-refractivity contribution in [1.29, 1.82) is 0 Å². The Labute approximate surface area is 143 Å². The number of benzene rings is 1. The van der Waals surface area contributed by atoms with E-state index in [2.05, 4.69) is 32.0 Å². The van der Waals surface area contributed by atoms with Crippen molar-refractivity contribution < 1.29 is 4.79 Å². The molecule has 2 heterocycles. The minimum absolute atomic E-state index is 0.0207. The number of nitrogens with zero attached hydrogens (tertiary/aromatic N) is 4. The Hall–Kier alpha value is -2.48. The molecule has 0 aliphatic carbocycles. The van der Waals surface area contributed by atoms with Gasteiger partial charge in [0.25, 0.3) is 0 Å². The fraction of sp³-hybridized carbons (Fsp3) is 0.375. The highest BCUT2D eigenvalue weighted by Crippen LogP contribution is 2.17. The number of carbonyl (C=O) groups is 1. The number of imidazole rings is 1. The van der Waals surface area contributed by atoms with E-state index in [1.165, 1.54) is 11.3 Å². The number of carbonyl (C=O) groups excluding carboxylic acids is 1. The van der Waals surface area contributed by atoms with E-state index in [9.17, 15) is 4.79 Å². The summed E-state index contributed by atoms with van der Waals surface area (Å²) in [6.45, 7) is 3.24. The van der Waals surface area contributed by atoms with Gasteiger partial charge in [-0.2, -0.15) is 0 Å². The Kier molecular flexibility index (Phi) is 5.05. The molecule has 0 saturated carbocycles. The van der Waals surface area contributed by atoms with E-state index in [0.29, 0.717) is 31.1 Å². The second kappa shape index (κ2) is 7.39. The molecule has 1 amide bonds. The van der Waals surface area contributed by atoms with Crippen molar-refractivity contribution in [1.82, 2.24) is 25.1 Å². The Morgan fingerprint density at radius 2 is 2.17 bits per heavy atom. The minimum atomic E-state index is 0.0207. The number of amides is 1. The third-order valence-corrected chi connectivity index (χ3v) is 4.57. The number of hydrogen-bond donors (Lipinski definition) is 2. The lowest BCUT2D eigenvalue weighted by molar-refractivity contribution is -0.121. The maximum absolute atomic E-state index is 12.1. The summed E-state index contributed by atoms with van der Waals surface area (Å²) in [6.07, 6.45) is 1.91. The predicted octanol–water partition coefficient (Wildman–Crippen LogP) is 1.78. The number of para-hydroxylation sites is 2. The number of nitrogens with two attached hydrogens (primary N) is 1. The van der Waals surface area contributed by atoms with Crippen LogP contribution in [0.3, 0.4) is 0 Å². The fourth-order valence-electron chi connectivity index (χ4n) is 2.62. The molecule has 7 nitrogen and oxygen atoms in total. The van der Waals surface area contributed by atoms with Gasteiger partial charge in [0.05, 0.1) is 11.0 Å². The summed E-state index contributed by atoms with van der Waals surface area (Å²) >= 11 is 1.35. The lowest BCUT2D eigenvalue weighted by atomic mass is 10.3. The van der Waals surface area contributed by atoms with Crippen LogP contribution in [0.4, 0.5) is 5.13 Å². The second-order valence-electron chi connectivity index (χ2n) is 5.41. The molecule has 0 unspecified atom stereocenters. The first kappa shape index (κ1) is 16.4. The molecular weight excluding hydrogens is 324 g/mol. The zero-order chi connectivity index (χ0) is 16.9. The lowest BCUT2D eigenvalue weighted by Gasteiger charge is -2.08. The average molecular weight is 344 g/mol. The summed E-state index contributed by atoms with van der Waals surface area (Å²) in [5, 5.41) is 11.9. The van der Waals surface area contributed by atoms with Crippen molar-refractivity contribution in [3.63, 3.8) is 0 Å². The predicted molar refractivity (Wildman–Crippen MR) is 94.8 cm³/mol. The maximum atomic E-state index is 12.1. The van der Waals surface area contributed by atoms with Crippen molar-refractivity contribution in [3.05, 3.63) is 35.1 Å². The Balaban J connectivity index is 1.54. The van der Waals surface area contributed by atoms with Crippen LogP contribution in [0.5, 0.6) is 0 Å². The van der Waals surface area contributed by atoms with Gasteiger partial charge in [0.1, 0.15) is 10.8 Å².